The summed E-state index contributed by atoms with van der Waals surface area (Å²) in [6, 6.07) is 0. The Balaban J connectivity index is 4.55. The summed E-state index contributed by atoms with van der Waals surface area (Å²) in [6.07, 6.45) is 97.7. The van der Waals surface area contributed by atoms with Gasteiger partial charge in [0.15, 0.2) is 6.10 Å². The standard InChI is InChI=1S/C74H116O6/c1-4-7-10-13-16-19-22-25-28-31-33-35-37-39-41-43-46-49-52-55-58-61-64-67-73(76)79-70-71(69-78-72(75)66-63-60-57-54-51-48-45-30-27-24-21-18-15-12-9-6-3)80-74(77)68-65-62-59-56-53-50-47-44-42-40-38-36-34-32-29-26-23-20-17-14-11-8-5-2/h7-8,10-11,16-17,19-21,24-26,28-30,33-36,39-42,45-47,49-50,71H,4-6,9,12-15,18,22-23,27,31-32,37-38,43-44,48,51-70H2,1-3H3/b10-7-,11-8-,19-16-,20-17-,24-21-,28-25-,29-26-,35-33-,36-34-,41-39-,42-40-,45-30-,49-46-,50-47-. The Morgan fingerprint density at radius 3 is 0.762 bits per heavy atom. The average molecular weight is 1100 g/mol. The summed E-state index contributed by atoms with van der Waals surface area (Å²) < 4.78 is 16.9. The Morgan fingerprint density at radius 2 is 0.487 bits per heavy atom. The van der Waals surface area contributed by atoms with E-state index in [1.165, 1.54) is 32.1 Å². The summed E-state index contributed by atoms with van der Waals surface area (Å²) in [4.78, 5) is 38.4. The maximum atomic E-state index is 12.9. The van der Waals surface area contributed by atoms with Gasteiger partial charge in [0.05, 0.1) is 0 Å². The minimum absolute atomic E-state index is 0.112. The van der Waals surface area contributed by atoms with Crippen LogP contribution in [0.3, 0.4) is 0 Å². The Morgan fingerprint density at radius 1 is 0.263 bits per heavy atom. The van der Waals surface area contributed by atoms with Crippen LogP contribution in [0.4, 0.5) is 0 Å². The zero-order valence-electron chi connectivity index (χ0n) is 51.3. The van der Waals surface area contributed by atoms with Crippen molar-refractivity contribution in [3.63, 3.8) is 0 Å². The number of allylic oxidation sites excluding steroid dienone is 28. The fourth-order valence-electron chi connectivity index (χ4n) is 8.18. The second kappa shape index (κ2) is 66.3. The van der Waals surface area contributed by atoms with Crippen LogP contribution < -0.4 is 0 Å². The van der Waals surface area contributed by atoms with Crippen LogP contribution in [0.1, 0.15) is 258 Å². The largest absolute Gasteiger partial charge is 0.462 e. The van der Waals surface area contributed by atoms with Crippen molar-refractivity contribution < 1.29 is 28.6 Å². The van der Waals surface area contributed by atoms with E-state index in [0.29, 0.717) is 12.8 Å². The van der Waals surface area contributed by atoms with E-state index in [-0.39, 0.29) is 37.5 Å². The van der Waals surface area contributed by atoms with Gasteiger partial charge in [0.1, 0.15) is 13.2 Å². The van der Waals surface area contributed by atoms with Crippen molar-refractivity contribution in [2.75, 3.05) is 13.2 Å². The summed E-state index contributed by atoms with van der Waals surface area (Å²) in [5.74, 6) is -0.980. The third kappa shape index (κ3) is 63.6. The smallest absolute Gasteiger partial charge is 0.306 e. The first-order valence-corrected chi connectivity index (χ1v) is 32.1. The molecule has 448 valence electrons. The topological polar surface area (TPSA) is 78.9 Å². The van der Waals surface area contributed by atoms with Gasteiger partial charge in [-0.3, -0.25) is 14.4 Å². The Kier molecular flexibility index (Phi) is 61.9. The lowest BCUT2D eigenvalue weighted by Crippen LogP contribution is -2.30. The van der Waals surface area contributed by atoms with Crippen molar-refractivity contribution in [3.8, 4) is 0 Å². The van der Waals surface area contributed by atoms with Gasteiger partial charge in [0, 0.05) is 19.3 Å². The molecular formula is C74H116O6. The summed E-state index contributed by atoms with van der Waals surface area (Å²) >= 11 is 0. The molecule has 0 aromatic heterocycles. The van der Waals surface area contributed by atoms with Crippen LogP contribution in [0.25, 0.3) is 0 Å². The molecule has 0 bridgehead atoms. The highest BCUT2D eigenvalue weighted by atomic mass is 16.6. The minimum Gasteiger partial charge on any atom is -0.462 e. The van der Waals surface area contributed by atoms with Crippen LogP contribution >= 0.6 is 0 Å². The van der Waals surface area contributed by atoms with E-state index in [9.17, 15) is 14.4 Å². The number of rotatable bonds is 56. The molecule has 0 aromatic rings. The lowest BCUT2D eigenvalue weighted by Gasteiger charge is -2.18. The van der Waals surface area contributed by atoms with Gasteiger partial charge in [-0.25, -0.2) is 0 Å². The third-order valence-corrected chi connectivity index (χ3v) is 12.9. The maximum Gasteiger partial charge on any atom is 0.306 e. The predicted octanol–water partition coefficient (Wildman–Crippen LogP) is 22.3. The van der Waals surface area contributed by atoms with E-state index in [2.05, 4.69) is 191 Å². The van der Waals surface area contributed by atoms with Crippen LogP contribution in [0, 0.1) is 0 Å². The van der Waals surface area contributed by atoms with E-state index >= 15 is 0 Å². The maximum absolute atomic E-state index is 12.9. The lowest BCUT2D eigenvalue weighted by molar-refractivity contribution is -0.167. The van der Waals surface area contributed by atoms with Gasteiger partial charge < -0.3 is 14.2 Å². The predicted molar refractivity (Wildman–Crippen MR) is 348 cm³/mol. The van der Waals surface area contributed by atoms with Crippen molar-refractivity contribution in [1.82, 2.24) is 0 Å². The monoisotopic (exact) mass is 1100 g/mol. The summed E-state index contributed by atoms with van der Waals surface area (Å²) in [5.41, 5.74) is 0. The van der Waals surface area contributed by atoms with Crippen LogP contribution in [0.5, 0.6) is 0 Å². The van der Waals surface area contributed by atoms with Gasteiger partial charge >= 0.3 is 17.9 Å². The molecule has 0 aromatic carbocycles. The fourth-order valence-corrected chi connectivity index (χ4v) is 8.18. The Bertz CT molecular complexity index is 1840. The normalized spacial score (nSPS) is 13.3. The van der Waals surface area contributed by atoms with Crippen molar-refractivity contribution in [2.24, 2.45) is 0 Å². The number of hydrogen-bond acceptors (Lipinski definition) is 6. The second-order valence-corrected chi connectivity index (χ2v) is 20.5. The molecule has 0 aliphatic heterocycles. The van der Waals surface area contributed by atoms with Crippen molar-refractivity contribution >= 4 is 17.9 Å². The number of carbonyl (C=O) groups is 3. The SMILES string of the molecule is CC/C=C\C/C=C\C/C=C\C/C=C\C/C=C\C/C=C\CCCCCCC(=O)OCC(COC(=O)CCCCCCC/C=C\C/C=C\CCCCCC)OC(=O)CCCCCC/C=C\C/C=C\C/C=C\C/C=C\C/C=C\C/C=C\CC. The van der Waals surface area contributed by atoms with E-state index < -0.39 is 6.10 Å². The molecule has 0 aliphatic carbocycles. The molecule has 6 nitrogen and oxygen atoms in total. The molecule has 0 radical (unpaired) electrons. The summed E-state index contributed by atoms with van der Waals surface area (Å²) in [6.45, 7) is 6.33. The molecule has 0 rings (SSSR count). The second-order valence-electron chi connectivity index (χ2n) is 20.5. The molecule has 0 spiro atoms. The zero-order valence-corrected chi connectivity index (χ0v) is 51.3. The fraction of sp³-hybridized carbons (Fsp3) is 0.581. The quantitative estimate of drug-likeness (QED) is 0.0261. The molecule has 0 N–H and O–H groups in total. The Labute approximate surface area is 492 Å². The number of hydrogen-bond donors (Lipinski definition) is 0. The van der Waals surface area contributed by atoms with Gasteiger partial charge in [-0.15, -0.1) is 0 Å². The van der Waals surface area contributed by atoms with Gasteiger partial charge in [-0.05, 0) is 154 Å². The Hall–Kier alpha value is -5.23. The highest BCUT2D eigenvalue weighted by molar-refractivity contribution is 5.71. The molecule has 1 unspecified atom stereocenters. The zero-order chi connectivity index (χ0) is 57.8. The molecule has 6 heteroatoms. The molecule has 0 fully saturated rings. The van der Waals surface area contributed by atoms with Gasteiger partial charge in [0.25, 0.3) is 0 Å². The van der Waals surface area contributed by atoms with Gasteiger partial charge in [-0.1, -0.05) is 255 Å². The van der Waals surface area contributed by atoms with Gasteiger partial charge in [-0.2, -0.15) is 0 Å². The molecule has 0 saturated heterocycles. The van der Waals surface area contributed by atoms with Gasteiger partial charge in [0.2, 0.25) is 0 Å². The van der Waals surface area contributed by atoms with Crippen molar-refractivity contribution in [3.05, 3.63) is 170 Å². The van der Waals surface area contributed by atoms with E-state index in [1.807, 2.05) is 0 Å². The molecule has 0 aliphatic rings. The van der Waals surface area contributed by atoms with Crippen LogP contribution in [0.15, 0.2) is 170 Å². The molecule has 1 atom stereocenters. The van der Waals surface area contributed by atoms with E-state index in [1.54, 1.807) is 0 Å². The first-order valence-electron chi connectivity index (χ1n) is 32.1. The first-order chi connectivity index (χ1) is 39.5. The van der Waals surface area contributed by atoms with Crippen LogP contribution in [-0.2, 0) is 28.6 Å². The van der Waals surface area contributed by atoms with Crippen molar-refractivity contribution in [2.45, 2.75) is 264 Å². The van der Waals surface area contributed by atoms with Crippen molar-refractivity contribution in [1.29, 1.82) is 0 Å². The first kappa shape index (κ1) is 74.8. The molecule has 0 heterocycles. The molecule has 80 heavy (non-hydrogen) atoms. The van der Waals surface area contributed by atoms with Crippen LogP contribution in [-0.4, -0.2) is 37.2 Å². The summed E-state index contributed by atoms with van der Waals surface area (Å²) in [7, 11) is 0. The molecular weight excluding hydrogens is 985 g/mol. The minimum atomic E-state index is -0.820. The number of unbranched alkanes of at least 4 members (excludes halogenated alkanes) is 17. The molecule has 0 saturated carbocycles. The average Bonchev–Trinajstić information content (AvgIpc) is 3.46. The number of esters is 3. The van der Waals surface area contributed by atoms with Crippen LogP contribution in [0.2, 0.25) is 0 Å². The highest BCUT2D eigenvalue weighted by Crippen LogP contribution is 2.13. The highest BCUT2D eigenvalue weighted by Gasteiger charge is 2.19. The van der Waals surface area contributed by atoms with E-state index in [0.717, 1.165) is 186 Å². The third-order valence-electron chi connectivity index (χ3n) is 12.9. The summed E-state index contributed by atoms with van der Waals surface area (Å²) in [5, 5.41) is 0. The molecule has 0 amide bonds. The lowest BCUT2D eigenvalue weighted by atomic mass is 10.1. The van der Waals surface area contributed by atoms with E-state index in [4.69, 9.17) is 14.2 Å². The number of ether oxygens (including phenoxy) is 3. The number of carbonyl (C=O) groups excluding carboxylic acids is 3.